The number of ether oxygens (including phenoxy) is 3. The number of amides is 1. The Morgan fingerprint density at radius 2 is 1.68 bits per heavy atom. The number of nitrogens with one attached hydrogen (secondary N) is 1. The fourth-order valence-corrected chi connectivity index (χ4v) is 1.97. The summed E-state index contributed by atoms with van der Waals surface area (Å²) in [7, 11) is 3.22. The molecule has 0 saturated carbocycles. The molecular weight excluding hydrogens is 282 g/mol. The van der Waals surface area contributed by atoms with Gasteiger partial charge in [0.1, 0.15) is 23.9 Å². The molecule has 0 aliphatic heterocycles. The first-order valence-electron chi connectivity index (χ1n) is 6.83. The summed E-state index contributed by atoms with van der Waals surface area (Å²) >= 11 is 0. The van der Waals surface area contributed by atoms with Gasteiger partial charge in [-0.25, -0.2) is 0 Å². The lowest BCUT2D eigenvalue weighted by Crippen LogP contribution is -2.05. The highest BCUT2D eigenvalue weighted by Crippen LogP contribution is 2.26. The van der Waals surface area contributed by atoms with Gasteiger partial charge in [0.25, 0.3) is 0 Å². The Morgan fingerprint density at radius 1 is 1.00 bits per heavy atom. The predicted octanol–water partition coefficient (Wildman–Crippen LogP) is 3.24. The molecule has 116 valence electrons. The summed E-state index contributed by atoms with van der Waals surface area (Å²) in [6.45, 7) is 1.85. The Kier molecular flexibility index (Phi) is 5.25. The van der Waals surface area contributed by atoms with Crippen LogP contribution in [-0.4, -0.2) is 20.1 Å². The van der Waals surface area contributed by atoms with Gasteiger partial charge in [-0.05, 0) is 36.4 Å². The third-order valence-electron chi connectivity index (χ3n) is 3.06. The number of hydrogen-bond donors (Lipinski definition) is 1. The Hall–Kier alpha value is -2.69. The van der Waals surface area contributed by atoms with E-state index in [4.69, 9.17) is 14.2 Å². The molecule has 0 radical (unpaired) electrons. The van der Waals surface area contributed by atoms with Crippen LogP contribution in [0.2, 0.25) is 0 Å². The minimum atomic E-state index is -0.100. The van der Waals surface area contributed by atoms with Gasteiger partial charge in [-0.2, -0.15) is 0 Å². The first-order chi connectivity index (χ1) is 10.6. The fourth-order valence-electron chi connectivity index (χ4n) is 1.97. The Balaban J connectivity index is 2.02. The monoisotopic (exact) mass is 301 g/mol. The SMILES string of the molecule is COc1ccc(COc2ccc(NC(C)=O)cc2)c(OC)c1. The summed E-state index contributed by atoms with van der Waals surface area (Å²) in [5.41, 5.74) is 1.66. The van der Waals surface area contributed by atoms with E-state index in [-0.39, 0.29) is 5.91 Å². The van der Waals surface area contributed by atoms with Crippen molar-refractivity contribution in [3.63, 3.8) is 0 Å². The summed E-state index contributed by atoms with van der Waals surface area (Å²) in [4.78, 5) is 11.0. The highest BCUT2D eigenvalue weighted by molar-refractivity contribution is 5.88. The lowest BCUT2D eigenvalue weighted by atomic mass is 10.2. The molecule has 0 aliphatic carbocycles. The van der Waals surface area contributed by atoms with Crippen LogP contribution >= 0.6 is 0 Å². The molecule has 0 unspecified atom stereocenters. The second kappa shape index (κ2) is 7.36. The summed E-state index contributed by atoms with van der Waals surface area (Å²) in [6.07, 6.45) is 0. The van der Waals surface area contributed by atoms with Crippen LogP contribution in [0.4, 0.5) is 5.69 Å². The van der Waals surface area contributed by atoms with E-state index >= 15 is 0 Å². The molecule has 0 saturated heterocycles. The van der Waals surface area contributed by atoms with Gasteiger partial charge in [-0.15, -0.1) is 0 Å². The van der Waals surface area contributed by atoms with Crippen LogP contribution in [0, 0.1) is 0 Å². The van der Waals surface area contributed by atoms with Crippen molar-refractivity contribution >= 4 is 11.6 Å². The summed E-state index contributed by atoms with van der Waals surface area (Å²) in [5.74, 6) is 2.07. The molecule has 0 spiro atoms. The second-order valence-electron chi connectivity index (χ2n) is 4.67. The summed E-state index contributed by atoms with van der Waals surface area (Å²) in [5, 5.41) is 2.71. The molecule has 5 nitrogen and oxygen atoms in total. The number of anilines is 1. The zero-order chi connectivity index (χ0) is 15.9. The van der Waals surface area contributed by atoms with Gasteiger partial charge < -0.3 is 19.5 Å². The van der Waals surface area contributed by atoms with Gasteiger partial charge in [0.2, 0.25) is 5.91 Å². The van der Waals surface area contributed by atoms with Crippen molar-refractivity contribution in [3.05, 3.63) is 48.0 Å². The maximum Gasteiger partial charge on any atom is 0.221 e. The molecule has 22 heavy (non-hydrogen) atoms. The minimum absolute atomic E-state index is 0.100. The quantitative estimate of drug-likeness (QED) is 0.890. The summed E-state index contributed by atoms with van der Waals surface area (Å²) in [6, 6.07) is 12.8. The number of methoxy groups -OCH3 is 2. The topological polar surface area (TPSA) is 56.8 Å². The number of benzene rings is 2. The average Bonchev–Trinajstić information content (AvgIpc) is 2.53. The van der Waals surface area contributed by atoms with Crippen LogP contribution in [0.15, 0.2) is 42.5 Å². The molecule has 1 N–H and O–H groups in total. The van der Waals surface area contributed by atoms with Gasteiger partial charge >= 0.3 is 0 Å². The number of carbonyl (C=O) groups is 1. The van der Waals surface area contributed by atoms with E-state index in [9.17, 15) is 4.79 Å². The molecule has 2 aromatic rings. The average molecular weight is 301 g/mol. The Morgan fingerprint density at radius 3 is 2.27 bits per heavy atom. The molecule has 0 heterocycles. The van der Waals surface area contributed by atoms with Crippen LogP contribution in [0.3, 0.4) is 0 Å². The molecule has 0 atom stereocenters. The van der Waals surface area contributed by atoms with Gasteiger partial charge in [0, 0.05) is 24.2 Å². The molecule has 1 amide bonds. The second-order valence-corrected chi connectivity index (χ2v) is 4.67. The van der Waals surface area contributed by atoms with Gasteiger partial charge in [-0.1, -0.05) is 0 Å². The highest BCUT2D eigenvalue weighted by atomic mass is 16.5. The Bertz CT molecular complexity index is 638. The summed E-state index contributed by atoms with van der Waals surface area (Å²) < 4.78 is 16.2. The van der Waals surface area contributed by atoms with Gasteiger partial charge in [0.15, 0.2) is 0 Å². The van der Waals surface area contributed by atoms with E-state index in [1.807, 2.05) is 18.2 Å². The van der Waals surface area contributed by atoms with Crippen LogP contribution in [0.25, 0.3) is 0 Å². The van der Waals surface area contributed by atoms with Gasteiger partial charge in [0.05, 0.1) is 14.2 Å². The van der Waals surface area contributed by atoms with Crippen molar-refractivity contribution < 1.29 is 19.0 Å². The standard InChI is InChI=1S/C17H19NO4/c1-12(19)18-14-5-8-15(9-6-14)22-11-13-4-7-16(20-2)10-17(13)21-3/h4-10H,11H2,1-3H3,(H,18,19). The molecule has 2 rings (SSSR count). The molecule has 0 fully saturated rings. The van der Waals surface area contributed by atoms with Gasteiger partial charge in [-0.3, -0.25) is 4.79 Å². The molecule has 0 bridgehead atoms. The minimum Gasteiger partial charge on any atom is -0.497 e. The van der Waals surface area contributed by atoms with E-state index in [0.717, 1.165) is 17.0 Å². The zero-order valence-electron chi connectivity index (χ0n) is 12.9. The number of hydrogen-bond acceptors (Lipinski definition) is 4. The third kappa shape index (κ3) is 4.15. The fraction of sp³-hybridized carbons (Fsp3) is 0.235. The lowest BCUT2D eigenvalue weighted by Gasteiger charge is -2.12. The molecule has 0 aromatic heterocycles. The molecule has 2 aromatic carbocycles. The van der Waals surface area contributed by atoms with E-state index < -0.39 is 0 Å². The highest BCUT2D eigenvalue weighted by Gasteiger charge is 2.06. The van der Waals surface area contributed by atoms with Crippen LogP contribution in [0.1, 0.15) is 12.5 Å². The molecule has 5 heteroatoms. The zero-order valence-corrected chi connectivity index (χ0v) is 12.9. The van der Waals surface area contributed by atoms with E-state index in [1.165, 1.54) is 6.92 Å². The molecular formula is C17H19NO4. The largest absolute Gasteiger partial charge is 0.497 e. The normalized spacial score (nSPS) is 9.95. The number of rotatable bonds is 6. The van der Waals surface area contributed by atoms with Crippen LogP contribution in [0.5, 0.6) is 17.2 Å². The smallest absolute Gasteiger partial charge is 0.221 e. The first kappa shape index (κ1) is 15.7. The maximum absolute atomic E-state index is 11.0. The van der Waals surface area contributed by atoms with Crippen molar-refractivity contribution in [3.8, 4) is 17.2 Å². The number of carbonyl (C=O) groups excluding carboxylic acids is 1. The van der Waals surface area contributed by atoms with Crippen molar-refractivity contribution in [2.45, 2.75) is 13.5 Å². The maximum atomic E-state index is 11.0. The van der Waals surface area contributed by atoms with Crippen LogP contribution < -0.4 is 19.5 Å². The van der Waals surface area contributed by atoms with Crippen molar-refractivity contribution in [2.75, 3.05) is 19.5 Å². The van der Waals surface area contributed by atoms with Crippen molar-refractivity contribution in [1.29, 1.82) is 0 Å². The van der Waals surface area contributed by atoms with E-state index in [1.54, 1.807) is 38.5 Å². The Labute approximate surface area is 129 Å². The lowest BCUT2D eigenvalue weighted by molar-refractivity contribution is -0.114. The van der Waals surface area contributed by atoms with Crippen molar-refractivity contribution in [1.82, 2.24) is 0 Å². The van der Waals surface area contributed by atoms with Crippen LogP contribution in [-0.2, 0) is 11.4 Å². The third-order valence-corrected chi connectivity index (χ3v) is 3.06. The van der Waals surface area contributed by atoms with Crippen molar-refractivity contribution in [2.24, 2.45) is 0 Å². The predicted molar refractivity (Wildman–Crippen MR) is 84.6 cm³/mol. The first-order valence-corrected chi connectivity index (χ1v) is 6.83. The van der Waals surface area contributed by atoms with E-state index in [0.29, 0.717) is 18.1 Å². The molecule has 0 aliphatic rings. The van der Waals surface area contributed by atoms with E-state index in [2.05, 4.69) is 5.32 Å².